The van der Waals surface area contributed by atoms with Crippen LogP contribution in [0.4, 0.5) is 14.9 Å². The van der Waals surface area contributed by atoms with Crippen LogP contribution in [-0.2, 0) is 6.54 Å². The van der Waals surface area contributed by atoms with Crippen molar-refractivity contribution < 1.29 is 9.18 Å². The number of anilines is 1. The van der Waals surface area contributed by atoms with E-state index in [0.29, 0.717) is 6.54 Å². The van der Waals surface area contributed by atoms with Crippen molar-refractivity contribution in [2.45, 2.75) is 20.4 Å². The Morgan fingerprint density at radius 3 is 2.76 bits per heavy atom. The molecule has 25 heavy (non-hydrogen) atoms. The Kier molecular flexibility index (Phi) is 4.79. The minimum absolute atomic E-state index is 0.163. The van der Waals surface area contributed by atoms with Gasteiger partial charge in [-0.2, -0.15) is 0 Å². The number of benzene rings is 2. The van der Waals surface area contributed by atoms with Gasteiger partial charge in [0.05, 0.1) is 11.4 Å². The molecule has 2 amide bonds. The molecule has 2 aromatic carbocycles. The molecule has 0 unspecified atom stereocenters. The maximum atomic E-state index is 13.7. The van der Waals surface area contributed by atoms with Gasteiger partial charge in [-0.25, -0.2) is 14.2 Å². The predicted octanol–water partition coefficient (Wildman–Crippen LogP) is 3.95. The van der Waals surface area contributed by atoms with Crippen LogP contribution < -0.4 is 10.6 Å². The first-order valence-corrected chi connectivity index (χ1v) is 7.94. The van der Waals surface area contributed by atoms with Crippen LogP contribution in [0.15, 0.2) is 54.9 Å². The summed E-state index contributed by atoms with van der Waals surface area (Å²) in [5.74, 6) is 0.397. The molecule has 0 aliphatic rings. The van der Waals surface area contributed by atoms with E-state index in [1.807, 2.05) is 48.9 Å². The van der Waals surface area contributed by atoms with Gasteiger partial charge < -0.3 is 15.2 Å². The highest BCUT2D eigenvalue weighted by molar-refractivity contribution is 5.89. The van der Waals surface area contributed by atoms with Gasteiger partial charge in [0.25, 0.3) is 0 Å². The molecule has 0 saturated heterocycles. The first-order chi connectivity index (χ1) is 12.0. The van der Waals surface area contributed by atoms with Crippen molar-refractivity contribution in [3.63, 3.8) is 0 Å². The van der Waals surface area contributed by atoms with Crippen LogP contribution in [0.1, 0.15) is 17.0 Å². The highest BCUT2D eigenvalue weighted by atomic mass is 19.1. The van der Waals surface area contributed by atoms with Crippen molar-refractivity contribution in [1.82, 2.24) is 14.9 Å². The van der Waals surface area contributed by atoms with Crippen molar-refractivity contribution in [1.29, 1.82) is 0 Å². The van der Waals surface area contributed by atoms with Crippen LogP contribution in [0.25, 0.3) is 5.69 Å². The number of aryl methyl sites for hydroxylation is 2. The second kappa shape index (κ2) is 7.17. The molecular formula is C19H19FN4O. The maximum absolute atomic E-state index is 13.7. The van der Waals surface area contributed by atoms with E-state index in [1.54, 1.807) is 18.3 Å². The summed E-state index contributed by atoms with van der Waals surface area (Å²) in [7, 11) is 0. The van der Waals surface area contributed by atoms with Crippen molar-refractivity contribution >= 4 is 11.7 Å². The van der Waals surface area contributed by atoms with E-state index < -0.39 is 11.8 Å². The highest BCUT2D eigenvalue weighted by Crippen LogP contribution is 2.17. The van der Waals surface area contributed by atoms with Gasteiger partial charge in [0.15, 0.2) is 0 Å². The second-order valence-electron chi connectivity index (χ2n) is 5.76. The summed E-state index contributed by atoms with van der Waals surface area (Å²) in [5.41, 5.74) is 2.91. The topological polar surface area (TPSA) is 59.0 Å². The van der Waals surface area contributed by atoms with Gasteiger partial charge in [-0.3, -0.25) is 0 Å². The summed E-state index contributed by atoms with van der Waals surface area (Å²) in [6.07, 6.45) is 3.60. The van der Waals surface area contributed by atoms with Crippen LogP contribution in [0, 0.1) is 19.7 Å². The lowest BCUT2D eigenvalue weighted by atomic mass is 10.1. The summed E-state index contributed by atoms with van der Waals surface area (Å²) >= 11 is 0. The number of nitrogens with one attached hydrogen (secondary N) is 2. The molecule has 0 radical (unpaired) electrons. The smallest absolute Gasteiger partial charge is 0.319 e. The Balaban J connectivity index is 1.71. The number of hydrogen-bond acceptors (Lipinski definition) is 2. The molecule has 0 saturated carbocycles. The molecular weight excluding hydrogens is 319 g/mol. The summed E-state index contributed by atoms with van der Waals surface area (Å²) < 4.78 is 15.7. The molecule has 0 atom stereocenters. The standard InChI is InChI=1S/C19H19FN4O/c1-13-7-8-16(20)17(11-13)23-19(25)22-12-15-5-3-4-6-18(15)24-10-9-21-14(24)2/h3-11H,12H2,1-2H3,(H2,22,23,25). The fourth-order valence-electron chi connectivity index (χ4n) is 2.60. The number of hydrogen-bond donors (Lipinski definition) is 2. The van der Waals surface area contributed by atoms with Crippen molar-refractivity contribution in [3.8, 4) is 5.69 Å². The number of imidazole rings is 1. The Bertz CT molecular complexity index is 904. The maximum Gasteiger partial charge on any atom is 0.319 e. The number of rotatable bonds is 4. The summed E-state index contributed by atoms with van der Waals surface area (Å²) in [6, 6.07) is 11.9. The molecule has 5 nitrogen and oxygen atoms in total. The van der Waals surface area contributed by atoms with E-state index in [4.69, 9.17) is 0 Å². The predicted molar refractivity (Wildman–Crippen MR) is 95.3 cm³/mol. The number of amides is 2. The molecule has 0 spiro atoms. The van der Waals surface area contributed by atoms with Gasteiger partial charge in [-0.05, 0) is 43.2 Å². The van der Waals surface area contributed by atoms with Gasteiger partial charge in [-0.1, -0.05) is 24.3 Å². The van der Waals surface area contributed by atoms with Crippen LogP contribution >= 0.6 is 0 Å². The average Bonchev–Trinajstić information content (AvgIpc) is 3.02. The van der Waals surface area contributed by atoms with Crippen LogP contribution in [0.2, 0.25) is 0 Å². The molecule has 0 aliphatic heterocycles. The van der Waals surface area contributed by atoms with Gasteiger partial charge in [0.1, 0.15) is 11.6 Å². The Hall–Kier alpha value is -3.15. The first kappa shape index (κ1) is 16.7. The SMILES string of the molecule is Cc1ccc(F)c(NC(=O)NCc2ccccc2-n2ccnc2C)c1. The van der Waals surface area contributed by atoms with E-state index >= 15 is 0 Å². The number of carbonyl (C=O) groups is 1. The number of halogens is 1. The molecule has 0 aliphatic carbocycles. The van der Waals surface area contributed by atoms with Gasteiger partial charge in [0.2, 0.25) is 0 Å². The third-order valence-corrected chi connectivity index (χ3v) is 3.89. The molecule has 1 aromatic heterocycles. The Morgan fingerprint density at radius 2 is 2.00 bits per heavy atom. The lowest BCUT2D eigenvalue weighted by Crippen LogP contribution is -2.29. The molecule has 0 fully saturated rings. The zero-order valence-electron chi connectivity index (χ0n) is 14.1. The number of nitrogens with zero attached hydrogens (tertiary/aromatic N) is 2. The average molecular weight is 338 g/mol. The highest BCUT2D eigenvalue weighted by Gasteiger charge is 2.10. The number of urea groups is 1. The zero-order chi connectivity index (χ0) is 17.8. The van der Waals surface area contributed by atoms with Crippen LogP contribution in [0.3, 0.4) is 0 Å². The summed E-state index contributed by atoms with van der Waals surface area (Å²) in [5, 5.41) is 5.31. The van der Waals surface area contributed by atoms with E-state index in [1.165, 1.54) is 6.07 Å². The van der Waals surface area contributed by atoms with Crippen LogP contribution in [0.5, 0.6) is 0 Å². The van der Waals surface area contributed by atoms with Crippen LogP contribution in [-0.4, -0.2) is 15.6 Å². The molecule has 1 heterocycles. The fraction of sp³-hybridized carbons (Fsp3) is 0.158. The van der Waals surface area contributed by atoms with Crippen molar-refractivity contribution in [3.05, 3.63) is 77.6 Å². The van der Waals surface area contributed by atoms with E-state index in [0.717, 1.165) is 22.6 Å². The van der Waals surface area contributed by atoms with Gasteiger partial charge in [-0.15, -0.1) is 0 Å². The molecule has 128 valence electrons. The minimum atomic E-state index is -0.463. The first-order valence-electron chi connectivity index (χ1n) is 7.94. The molecule has 0 bridgehead atoms. The quantitative estimate of drug-likeness (QED) is 0.757. The van der Waals surface area contributed by atoms with E-state index in [9.17, 15) is 9.18 Å². The van der Waals surface area contributed by atoms with Gasteiger partial charge in [0, 0.05) is 18.9 Å². The minimum Gasteiger partial charge on any atom is -0.334 e. The monoisotopic (exact) mass is 338 g/mol. The third-order valence-electron chi connectivity index (χ3n) is 3.89. The number of carbonyl (C=O) groups excluding carboxylic acids is 1. The summed E-state index contributed by atoms with van der Waals surface area (Å²) in [6.45, 7) is 4.07. The van der Waals surface area contributed by atoms with E-state index in [-0.39, 0.29) is 5.69 Å². The van der Waals surface area contributed by atoms with Crippen molar-refractivity contribution in [2.24, 2.45) is 0 Å². The number of para-hydroxylation sites is 1. The Labute approximate surface area is 145 Å². The lowest BCUT2D eigenvalue weighted by molar-refractivity contribution is 0.251. The molecule has 3 rings (SSSR count). The largest absolute Gasteiger partial charge is 0.334 e. The van der Waals surface area contributed by atoms with Crippen molar-refractivity contribution in [2.75, 3.05) is 5.32 Å². The van der Waals surface area contributed by atoms with Gasteiger partial charge >= 0.3 is 6.03 Å². The zero-order valence-corrected chi connectivity index (χ0v) is 14.1. The van der Waals surface area contributed by atoms with E-state index in [2.05, 4.69) is 15.6 Å². The molecule has 3 aromatic rings. The third kappa shape index (κ3) is 3.85. The lowest BCUT2D eigenvalue weighted by Gasteiger charge is -2.13. The Morgan fingerprint density at radius 1 is 1.20 bits per heavy atom. The normalized spacial score (nSPS) is 10.5. The summed E-state index contributed by atoms with van der Waals surface area (Å²) in [4.78, 5) is 16.3. The number of aromatic nitrogens is 2. The second-order valence-corrected chi connectivity index (χ2v) is 5.76. The fourth-order valence-corrected chi connectivity index (χ4v) is 2.60. The molecule has 2 N–H and O–H groups in total. The molecule has 6 heteroatoms.